The van der Waals surface area contributed by atoms with Crippen molar-refractivity contribution in [1.82, 2.24) is 0 Å². The minimum absolute atomic E-state index is 0.164. The van der Waals surface area contributed by atoms with E-state index in [0.717, 1.165) is 21.3 Å². The largest absolute Gasteiger partial charge is 0.352 e. The van der Waals surface area contributed by atoms with Crippen LogP contribution < -0.4 is 4.90 Å². The quantitative estimate of drug-likeness (QED) is 0.183. The second kappa shape index (κ2) is 8.87. The summed E-state index contributed by atoms with van der Waals surface area (Å²) in [5.41, 5.74) is 2.32. The number of benzene rings is 4. The number of para-hydroxylation sites is 1. The second-order valence-corrected chi connectivity index (χ2v) is 11.5. The summed E-state index contributed by atoms with van der Waals surface area (Å²) in [5, 5.41) is 0.527. The fourth-order valence-corrected chi connectivity index (χ4v) is 7.14. The molecule has 1 saturated heterocycles. The van der Waals surface area contributed by atoms with Gasteiger partial charge in [-0.15, -0.1) is 0 Å². The molecule has 1 aliphatic carbocycles. The number of Topliss-reactive ketones (excluding diaryl/α,β-unsaturated/α-hetero) is 3. The molecule has 0 radical (unpaired) electrons. The van der Waals surface area contributed by atoms with E-state index in [4.69, 9.17) is 11.6 Å². The molecule has 0 saturated carbocycles. The fraction of sp³-hybridized carbons (Fsp3) is 0.121. The Kier molecular flexibility index (Phi) is 5.51. The van der Waals surface area contributed by atoms with Crippen LogP contribution in [0, 0.1) is 5.41 Å². The summed E-state index contributed by atoms with van der Waals surface area (Å²) < 4.78 is 0.870. The zero-order chi connectivity index (χ0) is 26.9. The lowest BCUT2D eigenvalue weighted by atomic mass is 9.64. The second-order valence-electron chi connectivity index (χ2n) is 10.2. The highest BCUT2D eigenvalue weighted by Gasteiger charge is 2.71. The van der Waals surface area contributed by atoms with Crippen molar-refractivity contribution < 1.29 is 14.4 Å². The molecule has 39 heavy (non-hydrogen) atoms. The number of rotatable bonds is 3. The van der Waals surface area contributed by atoms with E-state index in [0.29, 0.717) is 21.7 Å². The summed E-state index contributed by atoms with van der Waals surface area (Å²) in [4.78, 5) is 45.7. The van der Waals surface area contributed by atoms with Gasteiger partial charge in [-0.3, -0.25) is 14.4 Å². The van der Waals surface area contributed by atoms with Crippen LogP contribution in [0.3, 0.4) is 0 Å². The molecule has 4 aromatic carbocycles. The number of halogens is 2. The summed E-state index contributed by atoms with van der Waals surface area (Å²) in [6, 6.07) is 27.8. The van der Waals surface area contributed by atoms with E-state index < -0.39 is 23.4 Å². The van der Waals surface area contributed by atoms with Gasteiger partial charge in [0, 0.05) is 37.8 Å². The Labute approximate surface area is 239 Å². The lowest BCUT2D eigenvalue weighted by Gasteiger charge is -2.37. The molecule has 190 valence electrons. The van der Waals surface area contributed by atoms with Crippen LogP contribution in [0.25, 0.3) is 6.08 Å². The number of hydrogen-bond acceptors (Lipinski definition) is 4. The van der Waals surface area contributed by atoms with E-state index in [-0.39, 0.29) is 17.3 Å². The van der Waals surface area contributed by atoms with Crippen LogP contribution in [0.15, 0.2) is 108 Å². The van der Waals surface area contributed by atoms with Gasteiger partial charge in [-0.05, 0) is 53.6 Å². The van der Waals surface area contributed by atoms with Crippen LogP contribution in [0.2, 0.25) is 5.02 Å². The fourth-order valence-electron chi connectivity index (χ4n) is 6.75. The maximum absolute atomic E-state index is 14.6. The number of ketones is 3. The molecule has 4 nitrogen and oxygen atoms in total. The van der Waals surface area contributed by atoms with E-state index in [1.807, 2.05) is 65.6 Å². The SMILES string of the molecule is O=C(c1ccc(Cl)cc1)[C@@H]1[C@@H](c2ccc(Br)cc2)C2(C(=O)c3ccccc3C2=O)[C@@H]2C=Cc3ccccc3N12. The topological polar surface area (TPSA) is 54.5 Å². The van der Waals surface area contributed by atoms with Gasteiger partial charge < -0.3 is 4.90 Å². The number of carbonyl (C=O) groups excluding carboxylic acids is 3. The summed E-state index contributed by atoms with van der Waals surface area (Å²) in [5.74, 6) is -1.37. The normalized spacial score (nSPS) is 22.1. The number of carbonyl (C=O) groups is 3. The predicted molar refractivity (Wildman–Crippen MR) is 156 cm³/mol. The number of fused-ring (bicyclic) bond motifs is 5. The third-order valence-corrected chi connectivity index (χ3v) is 9.12. The number of anilines is 1. The van der Waals surface area contributed by atoms with Crippen molar-refractivity contribution in [2.75, 3.05) is 4.90 Å². The Morgan fingerprint density at radius 2 is 1.41 bits per heavy atom. The van der Waals surface area contributed by atoms with Gasteiger partial charge in [0.25, 0.3) is 0 Å². The van der Waals surface area contributed by atoms with E-state index in [1.165, 1.54) is 0 Å². The number of nitrogens with zero attached hydrogens (tertiary/aromatic N) is 1. The van der Waals surface area contributed by atoms with Crippen molar-refractivity contribution in [3.8, 4) is 0 Å². The van der Waals surface area contributed by atoms with Gasteiger partial charge in [0.15, 0.2) is 17.3 Å². The minimum Gasteiger partial charge on any atom is -0.352 e. The van der Waals surface area contributed by atoms with E-state index in [2.05, 4.69) is 15.9 Å². The van der Waals surface area contributed by atoms with Crippen molar-refractivity contribution >= 4 is 56.6 Å². The summed E-state index contributed by atoms with van der Waals surface area (Å²) in [7, 11) is 0. The number of hydrogen-bond donors (Lipinski definition) is 0. The molecule has 4 aromatic rings. The molecule has 1 fully saturated rings. The molecule has 2 aliphatic heterocycles. The predicted octanol–water partition coefficient (Wildman–Crippen LogP) is 7.42. The van der Waals surface area contributed by atoms with Crippen molar-refractivity contribution in [2.24, 2.45) is 5.41 Å². The van der Waals surface area contributed by atoms with Gasteiger partial charge in [-0.1, -0.05) is 94.3 Å². The molecule has 3 atom stereocenters. The van der Waals surface area contributed by atoms with E-state index >= 15 is 0 Å². The van der Waals surface area contributed by atoms with E-state index in [9.17, 15) is 14.4 Å². The standard InChI is InChI=1S/C33H21BrClNO3/c34-22-14-9-20(10-15-22)28-29(30(37)21-11-16-23(35)17-12-21)36-26-8-4-1-5-19(26)13-18-27(36)33(28)31(38)24-6-2-3-7-25(24)32(33)39/h1-18,27-29H/t27-,28+,29-/m0/s1. The Morgan fingerprint density at radius 1 is 0.795 bits per heavy atom. The summed E-state index contributed by atoms with van der Waals surface area (Å²) in [6.07, 6.45) is 3.90. The van der Waals surface area contributed by atoms with Gasteiger partial charge >= 0.3 is 0 Å². The molecule has 0 aromatic heterocycles. The first kappa shape index (κ1) is 24.3. The zero-order valence-electron chi connectivity index (χ0n) is 20.6. The maximum atomic E-state index is 14.6. The Bertz CT molecular complexity index is 1670. The van der Waals surface area contributed by atoms with Crippen LogP contribution in [-0.4, -0.2) is 29.4 Å². The lowest BCUT2D eigenvalue weighted by Crippen LogP contribution is -2.48. The summed E-state index contributed by atoms with van der Waals surface area (Å²) >= 11 is 9.67. The monoisotopic (exact) mass is 593 g/mol. The van der Waals surface area contributed by atoms with Crippen molar-refractivity contribution in [3.05, 3.63) is 140 Å². The first-order valence-corrected chi connectivity index (χ1v) is 13.9. The van der Waals surface area contributed by atoms with Crippen LogP contribution in [-0.2, 0) is 0 Å². The minimum atomic E-state index is -1.51. The first-order chi connectivity index (χ1) is 18.9. The average Bonchev–Trinajstić information content (AvgIpc) is 3.40. The Hall–Kier alpha value is -3.80. The van der Waals surface area contributed by atoms with Gasteiger partial charge in [-0.25, -0.2) is 0 Å². The van der Waals surface area contributed by atoms with Gasteiger partial charge in [0.2, 0.25) is 0 Å². The highest BCUT2D eigenvalue weighted by molar-refractivity contribution is 9.10. The molecular formula is C33H21BrClNO3. The maximum Gasteiger partial charge on any atom is 0.185 e. The highest BCUT2D eigenvalue weighted by Crippen LogP contribution is 2.61. The van der Waals surface area contributed by atoms with Gasteiger partial charge in [-0.2, -0.15) is 0 Å². The third-order valence-electron chi connectivity index (χ3n) is 8.34. The molecule has 1 spiro atoms. The first-order valence-electron chi connectivity index (χ1n) is 12.7. The molecular weight excluding hydrogens is 574 g/mol. The highest BCUT2D eigenvalue weighted by atomic mass is 79.9. The Balaban J connectivity index is 1.54. The van der Waals surface area contributed by atoms with Gasteiger partial charge in [0.1, 0.15) is 11.5 Å². The van der Waals surface area contributed by atoms with Crippen LogP contribution in [0.5, 0.6) is 0 Å². The smallest absolute Gasteiger partial charge is 0.185 e. The molecule has 0 N–H and O–H groups in total. The summed E-state index contributed by atoms with van der Waals surface area (Å²) in [6.45, 7) is 0. The van der Waals surface area contributed by atoms with Crippen LogP contribution >= 0.6 is 27.5 Å². The lowest BCUT2D eigenvalue weighted by molar-refractivity contribution is 0.0666. The van der Waals surface area contributed by atoms with Crippen molar-refractivity contribution in [2.45, 2.75) is 18.0 Å². The average molecular weight is 595 g/mol. The van der Waals surface area contributed by atoms with E-state index in [1.54, 1.807) is 48.5 Å². The Morgan fingerprint density at radius 3 is 2.08 bits per heavy atom. The van der Waals surface area contributed by atoms with Gasteiger partial charge in [0.05, 0.1) is 6.04 Å². The van der Waals surface area contributed by atoms with Crippen molar-refractivity contribution in [3.63, 3.8) is 0 Å². The molecule has 2 heterocycles. The van der Waals surface area contributed by atoms with Crippen LogP contribution in [0.4, 0.5) is 5.69 Å². The zero-order valence-corrected chi connectivity index (χ0v) is 22.9. The third kappa shape index (κ3) is 3.33. The molecule has 6 heteroatoms. The molecule has 3 aliphatic rings. The molecule has 0 amide bonds. The van der Waals surface area contributed by atoms with Crippen LogP contribution in [0.1, 0.15) is 48.1 Å². The van der Waals surface area contributed by atoms with Crippen molar-refractivity contribution in [1.29, 1.82) is 0 Å². The molecule has 0 unspecified atom stereocenters. The molecule has 7 rings (SSSR count). The molecule has 0 bridgehead atoms.